The summed E-state index contributed by atoms with van der Waals surface area (Å²) in [7, 11) is 0. The number of aliphatic hydroxyl groups excluding tert-OH is 1. The van der Waals surface area contributed by atoms with Gasteiger partial charge in [0.25, 0.3) is 0 Å². The molecule has 3 N–H and O–H groups in total. The van der Waals surface area contributed by atoms with Crippen LogP contribution in [-0.4, -0.2) is 23.3 Å². The van der Waals surface area contributed by atoms with E-state index in [-0.39, 0.29) is 19.0 Å². The van der Waals surface area contributed by atoms with Crippen LogP contribution in [-0.2, 0) is 0 Å². The number of aliphatic hydroxyl groups is 1. The Hall–Kier alpha value is -1.52. The number of ether oxygens (including phenoxy) is 1. The fourth-order valence-electron chi connectivity index (χ4n) is 1.49. The smallest absolute Gasteiger partial charge is 0.144 e. The first-order valence-corrected chi connectivity index (χ1v) is 5.19. The second-order valence-electron chi connectivity index (χ2n) is 3.51. The van der Waals surface area contributed by atoms with Gasteiger partial charge in [-0.25, -0.2) is 0 Å². The van der Waals surface area contributed by atoms with Crippen molar-refractivity contribution in [3.63, 3.8) is 0 Å². The average molecular weight is 255 g/mol. The van der Waals surface area contributed by atoms with Crippen molar-refractivity contribution in [1.82, 2.24) is 4.98 Å². The Morgan fingerprint density at radius 2 is 2.18 bits per heavy atom. The minimum absolute atomic E-state index is 0. The molecule has 92 valence electrons. The lowest BCUT2D eigenvalue weighted by Crippen LogP contribution is -2.02. The van der Waals surface area contributed by atoms with E-state index in [2.05, 4.69) is 4.98 Å². The number of fused-ring (bicyclic) bond motifs is 1. The van der Waals surface area contributed by atoms with Gasteiger partial charge in [-0.15, -0.1) is 12.4 Å². The molecule has 0 bridgehead atoms. The summed E-state index contributed by atoms with van der Waals surface area (Å²) in [5, 5.41) is 9.66. The molecule has 2 aromatic rings. The molecule has 5 heteroatoms. The van der Waals surface area contributed by atoms with E-state index >= 15 is 0 Å². The molecule has 0 aliphatic rings. The lowest BCUT2D eigenvalue weighted by Gasteiger charge is -2.09. The number of hydrogen-bond donors (Lipinski definition) is 2. The van der Waals surface area contributed by atoms with Crippen molar-refractivity contribution < 1.29 is 9.84 Å². The zero-order chi connectivity index (χ0) is 11.4. The minimum Gasteiger partial charge on any atom is -0.491 e. The normalized spacial score (nSPS) is 9.94. The Morgan fingerprint density at radius 1 is 1.35 bits per heavy atom. The number of pyridine rings is 1. The van der Waals surface area contributed by atoms with Gasteiger partial charge in [0.2, 0.25) is 0 Å². The number of aromatic nitrogens is 1. The maximum absolute atomic E-state index is 8.66. The first-order valence-electron chi connectivity index (χ1n) is 5.19. The number of anilines is 1. The zero-order valence-corrected chi connectivity index (χ0v) is 10.1. The summed E-state index contributed by atoms with van der Waals surface area (Å²) in [6.45, 7) is 0.574. The van der Waals surface area contributed by atoms with Crippen LogP contribution in [0.3, 0.4) is 0 Å². The maximum Gasteiger partial charge on any atom is 0.144 e. The highest BCUT2D eigenvalue weighted by molar-refractivity contribution is 5.85. The van der Waals surface area contributed by atoms with Crippen molar-refractivity contribution in [2.45, 2.75) is 6.42 Å². The van der Waals surface area contributed by atoms with E-state index in [1.165, 1.54) is 0 Å². The Labute approximate surface area is 106 Å². The van der Waals surface area contributed by atoms with Crippen molar-refractivity contribution >= 4 is 29.0 Å². The van der Waals surface area contributed by atoms with Crippen LogP contribution in [0.25, 0.3) is 10.9 Å². The van der Waals surface area contributed by atoms with Gasteiger partial charge in [0.05, 0.1) is 17.8 Å². The lowest BCUT2D eigenvalue weighted by atomic mass is 10.2. The number of hydrogen-bond acceptors (Lipinski definition) is 4. The monoisotopic (exact) mass is 254 g/mol. The third-order valence-electron chi connectivity index (χ3n) is 2.29. The number of rotatable bonds is 4. The molecule has 0 aliphatic heterocycles. The third-order valence-corrected chi connectivity index (χ3v) is 2.29. The standard InChI is InChI=1S/C12H14N2O2.ClH/c13-10-7-9-3-1-4-14-11(9)8-12(10)16-6-2-5-15;/h1,3-4,7-8,15H,2,5-6,13H2;1H. The van der Waals surface area contributed by atoms with Crippen molar-refractivity contribution in [3.8, 4) is 5.75 Å². The van der Waals surface area contributed by atoms with E-state index in [0.717, 1.165) is 10.9 Å². The quantitative estimate of drug-likeness (QED) is 0.647. The molecular formula is C12H15ClN2O2. The van der Waals surface area contributed by atoms with Gasteiger partial charge in [-0.3, -0.25) is 4.98 Å². The van der Waals surface area contributed by atoms with Crippen molar-refractivity contribution in [2.24, 2.45) is 0 Å². The van der Waals surface area contributed by atoms with Crippen LogP contribution >= 0.6 is 12.4 Å². The largest absolute Gasteiger partial charge is 0.491 e. The SMILES string of the molecule is Cl.Nc1cc2cccnc2cc1OCCCO. The van der Waals surface area contributed by atoms with E-state index in [9.17, 15) is 0 Å². The fourth-order valence-corrected chi connectivity index (χ4v) is 1.49. The molecule has 0 atom stereocenters. The van der Waals surface area contributed by atoms with Crippen LogP contribution in [0.5, 0.6) is 5.75 Å². The third kappa shape index (κ3) is 3.22. The highest BCUT2D eigenvalue weighted by Crippen LogP contribution is 2.26. The summed E-state index contributed by atoms with van der Waals surface area (Å²) < 4.78 is 5.46. The summed E-state index contributed by atoms with van der Waals surface area (Å²) in [5.41, 5.74) is 7.31. The Kier molecular flexibility index (Phi) is 5.00. The van der Waals surface area contributed by atoms with Crippen LogP contribution in [0.2, 0.25) is 0 Å². The van der Waals surface area contributed by atoms with E-state index in [1.807, 2.05) is 24.3 Å². The molecule has 0 aliphatic carbocycles. The number of benzene rings is 1. The van der Waals surface area contributed by atoms with E-state index in [4.69, 9.17) is 15.6 Å². The van der Waals surface area contributed by atoms with E-state index < -0.39 is 0 Å². The van der Waals surface area contributed by atoms with Crippen LogP contribution in [0.1, 0.15) is 6.42 Å². The maximum atomic E-state index is 8.66. The van der Waals surface area contributed by atoms with Crippen molar-refractivity contribution in [3.05, 3.63) is 30.5 Å². The molecule has 4 nitrogen and oxygen atoms in total. The molecular weight excluding hydrogens is 240 g/mol. The second-order valence-corrected chi connectivity index (χ2v) is 3.51. The van der Waals surface area contributed by atoms with Gasteiger partial charge in [-0.05, 0) is 12.1 Å². The Morgan fingerprint density at radius 3 is 2.94 bits per heavy atom. The second kappa shape index (κ2) is 6.27. The van der Waals surface area contributed by atoms with Gasteiger partial charge < -0.3 is 15.6 Å². The van der Waals surface area contributed by atoms with Crippen LogP contribution in [0, 0.1) is 0 Å². The van der Waals surface area contributed by atoms with Gasteiger partial charge in [0, 0.05) is 30.7 Å². The fraction of sp³-hybridized carbons (Fsp3) is 0.250. The first-order chi connectivity index (χ1) is 7.81. The molecule has 0 amide bonds. The molecule has 1 aromatic carbocycles. The zero-order valence-electron chi connectivity index (χ0n) is 9.30. The molecule has 0 saturated heterocycles. The molecule has 1 heterocycles. The number of nitrogens with two attached hydrogens (primary N) is 1. The summed E-state index contributed by atoms with van der Waals surface area (Å²) in [6.07, 6.45) is 2.33. The predicted molar refractivity (Wildman–Crippen MR) is 70.6 cm³/mol. The molecule has 0 unspecified atom stereocenters. The van der Waals surface area contributed by atoms with Gasteiger partial charge in [-0.1, -0.05) is 6.07 Å². The summed E-state index contributed by atoms with van der Waals surface area (Å²) in [6, 6.07) is 7.49. The van der Waals surface area contributed by atoms with Gasteiger partial charge in [0.15, 0.2) is 0 Å². The minimum atomic E-state index is 0. The van der Waals surface area contributed by atoms with Gasteiger partial charge >= 0.3 is 0 Å². The summed E-state index contributed by atoms with van der Waals surface area (Å²) in [4.78, 5) is 4.23. The topological polar surface area (TPSA) is 68.4 Å². The molecule has 0 saturated carbocycles. The van der Waals surface area contributed by atoms with Gasteiger partial charge in [0.1, 0.15) is 5.75 Å². The molecule has 0 fully saturated rings. The predicted octanol–water partition coefficient (Wildman–Crippen LogP) is 2.00. The van der Waals surface area contributed by atoms with Crippen LogP contribution < -0.4 is 10.5 Å². The number of nitrogen functional groups attached to an aromatic ring is 1. The van der Waals surface area contributed by atoms with Crippen molar-refractivity contribution in [1.29, 1.82) is 0 Å². The highest BCUT2D eigenvalue weighted by Gasteiger charge is 2.03. The molecule has 2 rings (SSSR count). The molecule has 1 aromatic heterocycles. The van der Waals surface area contributed by atoms with Crippen LogP contribution in [0.4, 0.5) is 5.69 Å². The molecule has 0 radical (unpaired) electrons. The average Bonchev–Trinajstić information content (AvgIpc) is 2.30. The van der Waals surface area contributed by atoms with Crippen LogP contribution in [0.15, 0.2) is 30.5 Å². The molecule has 0 spiro atoms. The highest BCUT2D eigenvalue weighted by atomic mass is 35.5. The number of halogens is 1. The number of nitrogens with zero attached hydrogens (tertiary/aromatic N) is 1. The van der Waals surface area contributed by atoms with E-state index in [1.54, 1.807) is 6.20 Å². The summed E-state index contributed by atoms with van der Waals surface area (Å²) >= 11 is 0. The van der Waals surface area contributed by atoms with E-state index in [0.29, 0.717) is 24.5 Å². The van der Waals surface area contributed by atoms with Crippen molar-refractivity contribution in [2.75, 3.05) is 18.9 Å². The Balaban J connectivity index is 0.00000144. The summed E-state index contributed by atoms with van der Waals surface area (Å²) in [5.74, 6) is 0.625. The lowest BCUT2D eigenvalue weighted by molar-refractivity contribution is 0.234. The molecule has 17 heavy (non-hydrogen) atoms. The van der Waals surface area contributed by atoms with Gasteiger partial charge in [-0.2, -0.15) is 0 Å². The Bertz CT molecular complexity index is 491. The first kappa shape index (κ1) is 13.5.